The first-order valence-electron chi connectivity index (χ1n) is 7.24. The van der Waals surface area contributed by atoms with Gasteiger partial charge in [0.2, 0.25) is 0 Å². The topological polar surface area (TPSA) is 15.3 Å². The van der Waals surface area contributed by atoms with Gasteiger partial charge in [0.15, 0.2) is 0 Å². The second-order valence-corrected chi connectivity index (χ2v) is 5.79. The van der Waals surface area contributed by atoms with Crippen molar-refractivity contribution >= 4 is 0 Å². The molecular weight excluding hydrogens is 196 g/mol. The number of rotatable bonds is 4. The fourth-order valence-electron chi connectivity index (χ4n) is 3.32. The molecule has 2 heteroatoms. The van der Waals surface area contributed by atoms with Crippen molar-refractivity contribution in [2.24, 2.45) is 5.92 Å². The molecule has 0 aromatic carbocycles. The highest BCUT2D eigenvalue weighted by molar-refractivity contribution is 4.87. The van der Waals surface area contributed by atoms with Crippen LogP contribution in [-0.2, 0) is 0 Å². The molecule has 0 aromatic rings. The van der Waals surface area contributed by atoms with Gasteiger partial charge in [0.05, 0.1) is 0 Å². The second-order valence-electron chi connectivity index (χ2n) is 5.79. The second kappa shape index (κ2) is 6.02. The average molecular weight is 224 g/mol. The third-order valence-corrected chi connectivity index (χ3v) is 4.67. The Labute approximate surface area is 101 Å². The van der Waals surface area contributed by atoms with Crippen LogP contribution in [0.3, 0.4) is 0 Å². The predicted octanol–water partition coefficient (Wildman–Crippen LogP) is 2.64. The Morgan fingerprint density at radius 3 is 2.50 bits per heavy atom. The van der Waals surface area contributed by atoms with Crippen LogP contribution in [0.5, 0.6) is 0 Å². The van der Waals surface area contributed by atoms with Crippen LogP contribution >= 0.6 is 0 Å². The van der Waals surface area contributed by atoms with Crippen LogP contribution in [-0.4, -0.2) is 37.1 Å². The summed E-state index contributed by atoms with van der Waals surface area (Å²) in [6, 6.07) is 1.70. The summed E-state index contributed by atoms with van der Waals surface area (Å²) in [7, 11) is 2.34. The van der Waals surface area contributed by atoms with Crippen molar-refractivity contribution < 1.29 is 0 Å². The minimum Gasteiger partial charge on any atom is -0.314 e. The molecule has 1 N–H and O–H groups in total. The summed E-state index contributed by atoms with van der Waals surface area (Å²) < 4.78 is 0. The summed E-state index contributed by atoms with van der Waals surface area (Å²) in [6.07, 6.45) is 10.1. The first-order valence-corrected chi connectivity index (χ1v) is 7.24. The van der Waals surface area contributed by atoms with Gasteiger partial charge in [0.25, 0.3) is 0 Å². The molecule has 1 aliphatic heterocycles. The van der Waals surface area contributed by atoms with E-state index in [1.165, 1.54) is 58.0 Å². The van der Waals surface area contributed by atoms with Crippen LogP contribution < -0.4 is 5.32 Å². The number of hydrogen-bond donors (Lipinski definition) is 1. The van der Waals surface area contributed by atoms with Gasteiger partial charge in [-0.2, -0.15) is 0 Å². The van der Waals surface area contributed by atoms with Gasteiger partial charge in [-0.25, -0.2) is 0 Å². The third-order valence-electron chi connectivity index (χ3n) is 4.67. The highest BCUT2D eigenvalue weighted by Crippen LogP contribution is 2.29. The van der Waals surface area contributed by atoms with Gasteiger partial charge >= 0.3 is 0 Å². The van der Waals surface area contributed by atoms with Crippen molar-refractivity contribution in [3.63, 3.8) is 0 Å². The van der Waals surface area contributed by atoms with Crippen molar-refractivity contribution in [3.8, 4) is 0 Å². The lowest BCUT2D eigenvalue weighted by atomic mass is 9.95. The van der Waals surface area contributed by atoms with Crippen molar-refractivity contribution in [2.75, 3.05) is 20.1 Å². The minimum atomic E-state index is 0.827. The molecule has 1 aliphatic carbocycles. The zero-order valence-corrected chi connectivity index (χ0v) is 11.0. The predicted molar refractivity (Wildman–Crippen MR) is 69.7 cm³/mol. The molecule has 1 saturated heterocycles. The Morgan fingerprint density at radius 2 is 1.88 bits per heavy atom. The molecule has 2 aliphatic rings. The van der Waals surface area contributed by atoms with E-state index < -0.39 is 0 Å². The summed E-state index contributed by atoms with van der Waals surface area (Å²) in [5, 5.41) is 3.38. The Morgan fingerprint density at radius 1 is 1.06 bits per heavy atom. The SMILES string of the molecule is CCCC1CCCC(N(C)C2CNC2)CC1. The van der Waals surface area contributed by atoms with E-state index in [-0.39, 0.29) is 0 Å². The smallest absolute Gasteiger partial charge is 0.0345 e. The lowest BCUT2D eigenvalue weighted by Crippen LogP contribution is -2.58. The van der Waals surface area contributed by atoms with Crippen LogP contribution in [0.15, 0.2) is 0 Å². The van der Waals surface area contributed by atoms with E-state index in [0.717, 1.165) is 18.0 Å². The van der Waals surface area contributed by atoms with Crippen LogP contribution in [0.1, 0.15) is 51.9 Å². The van der Waals surface area contributed by atoms with Gasteiger partial charge in [-0.15, -0.1) is 0 Å². The van der Waals surface area contributed by atoms with E-state index in [2.05, 4.69) is 24.2 Å². The summed E-state index contributed by atoms with van der Waals surface area (Å²) in [4.78, 5) is 2.66. The fraction of sp³-hybridized carbons (Fsp3) is 1.00. The highest BCUT2D eigenvalue weighted by atomic mass is 15.2. The molecule has 0 aromatic heterocycles. The van der Waals surface area contributed by atoms with Crippen LogP contribution in [0.2, 0.25) is 0 Å². The molecule has 16 heavy (non-hydrogen) atoms. The van der Waals surface area contributed by atoms with E-state index >= 15 is 0 Å². The van der Waals surface area contributed by atoms with E-state index in [9.17, 15) is 0 Å². The summed E-state index contributed by atoms with van der Waals surface area (Å²) >= 11 is 0. The van der Waals surface area contributed by atoms with E-state index in [0.29, 0.717) is 0 Å². The highest BCUT2D eigenvalue weighted by Gasteiger charge is 2.28. The monoisotopic (exact) mass is 224 g/mol. The van der Waals surface area contributed by atoms with Crippen molar-refractivity contribution in [1.82, 2.24) is 10.2 Å². The van der Waals surface area contributed by atoms with Crippen LogP contribution in [0.4, 0.5) is 0 Å². The van der Waals surface area contributed by atoms with Gasteiger partial charge in [-0.1, -0.05) is 32.6 Å². The molecule has 2 atom stereocenters. The zero-order valence-electron chi connectivity index (χ0n) is 11.0. The Hall–Kier alpha value is -0.0800. The molecule has 0 spiro atoms. The molecule has 2 nitrogen and oxygen atoms in total. The van der Waals surface area contributed by atoms with Gasteiger partial charge in [-0.05, 0) is 32.2 Å². The summed E-state index contributed by atoms with van der Waals surface area (Å²) in [5.41, 5.74) is 0. The number of nitrogens with one attached hydrogen (secondary N) is 1. The third kappa shape index (κ3) is 2.98. The number of likely N-dealkylation sites (N-methyl/N-ethyl adjacent to an activating group) is 1. The molecule has 0 bridgehead atoms. The lowest BCUT2D eigenvalue weighted by Gasteiger charge is -2.40. The molecule has 1 heterocycles. The Balaban J connectivity index is 1.78. The number of nitrogens with zero attached hydrogens (tertiary/aromatic N) is 1. The van der Waals surface area contributed by atoms with Crippen molar-refractivity contribution in [2.45, 2.75) is 64.0 Å². The molecule has 1 saturated carbocycles. The molecule has 2 rings (SSSR count). The first-order chi connectivity index (χ1) is 7.81. The number of hydrogen-bond acceptors (Lipinski definition) is 2. The van der Waals surface area contributed by atoms with E-state index in [1.54, 1.807) is 0 Å². The van der Waals surface area contributed by atoms with Crippen LogP contribution in [0.25, 0.3) is 0 Å². The quantitative estimate of drug-likeness (QED) is 0.739. The average Bonchev–Trinajstić information content (AvgIpc) is 2.41. The standard InChI is InChI=1S/C14H28N2/c1-3-5-12-6-4-7-13(9-8-12)16(2)14-10-15-11-14/h12-15H,3-11H2,1-2H3. The molecular formula is C14H28N2. The first kappa shape index (κ1) is 12.4. The lowest BCUT2D eigenvalue weighted by molar-refractivity contribution is 0.116. The van der Waals surface area contributed by atoms with Crippen molar-refractivity contribution in [1.29, 1.82) is 0 Å². The van der Waals surface area contributed by atoms with Gasteiger partial charge in [0.1, 0.15) is 0 Å². The van der Waals surface area contributed by atoms with Gasteiger partial charge in [0, 0.05) is 25.2 Å². The fourth-order valence-corrected chi connectivity index (χ4v) is 3.32. The van der Waals surface area contributed by atoms with E-state index in [4.69, 9.17) is 0 Å². The molecule has 2 unspecified atom stereocenters. The Bertz CT molecular complexity index is 201. The van der Waals surface area contributed by atoms with Crippen molar-refractivity contribution in [3.05, 3.63) is 0 Å². The van der Waals surface area contributed by atoms with Crippen LogP contribution in [0, 0.1) is 5.92 Å². The maximum Gasteiger partial charge on any atom is 0.0345 e. The zero-order chi connectivity index (χ0) is 11.4. The van der Waals surface area contributed by atoms with Gasteiger partial charge < -0.3 is 5.32 Å². The van der Waals surface area contributed by atoms with E-state index in [1.807, 2.05) is 0 Å². The molecule has 2 fully saturated rings. The maximum absolute atomic E-state index is 3.38. The normalized spacial score (nSPS) is 32.4. The molecule has 0 radical (unpaired) electrons. The summed E-state index contributed by atoms with van der Waals surface area (Å²) in [6.45, 7) is 4.76. The van der Waals surface area contributed by atoms with Gasteiger partial charge in [-0.3, -0.25) is 4.90 Å². The molecule has 94 valence electrons. The maximum atomic E-state index is 3.38. The largest absolute Gasteiger partial charge is 0.314 e. The summed E-state index contributed by atoms with van der Waals surface area (Å²) in [5.74, 6) is 1.03. The molecule has 0 amide bonds. The Kier molecular flexibility index (Phi) is 4.66. The minimum absolute atomic E-state index is 0.827.